The Morgan fingerprint density at radius 2 is 1.74 bits per heavy atom. The molecule has 4 rings (SSSR count). The first-order valence-electron chi connectivity index (χ1n) is 8.02. The van der Waals surface area contributed by atoms with Gasteiger partial charge in [0.25, 0.3) is 5.91 Å². The van der Waals surface area contributed by atoms with Crippen molar-refractivity contribution in [3.63, 3.8) is 0 Å². The lowest BCUT2D eigenvalue weighted by atomic mass is 10.0. The number of nitrogens with zero attached hydrogens (tertiary/aromatic N) is 1. The number of nitrogens with one attached hydrogen (secondary N) is 2. The number of anilines is 1. The molecule has 1 heterocycles. The molecule has 0 unspecified atom stereocenters. The van der Waals surface area contributed by atoms with Gasteiger partial charge in [0.05, 0.1) is 11.1 Å². The van der Waals surface area contributed by atoms with Crippen molar-refractivity contribution in [2.45, 2.75) is 0 Å². The maximum Gasteiger partial charge on any atom is 0.259 e. The number of carbonyl (C=O) groups excluding carboxylic acids is 1. The fraction of sp³-hybridized carbons (Fsp3) is 0. The summed E-state index contributed by atoms with van der Waals surface area (Å²) in [7, 11) is 0. The minimum atomic E-state index is -0.964. The highest BCUT2D eigenvalue weighted by atomic mass is 19.1. The van der Waals surface area contributed by atoms with Gasteiger partial charge in [0.1, 0.15) is 17.5 Å². The summed E-state index contributed by atoms with van der Waals surface area (Å²) in [6.07, 6.45) is 0. The van der Waals surface area contributed by atoms with Crippen molar-refractivity contribution in [1.29, 1.82) is 0 Å². The summed E-state index contributed by atoms with van der Waals surface area (Å²) in [6.45, 7) is 0. The minimum Gasteiger partial charge on any atom is -0.304 e. The van der Waals surface area contributed by atoms with Crippen LogP contribution < -0.4 is 5.32 Å². The molecule has 134 valence electrons. The summed E-state index contributed by atoms with van der Waals surface area (Å²) < 4.78 is 40.7. The first-order valence-corrected chi connectivity index (χ1v) is 8.02. The number of rotatable bonds is 3. The van der Waals surface area contributed by atoms with Crippen LogP contribution in [0.25, 0.3) is 22.0 Å². The molecule has 0 radical (unpaired) electrons. The summed E-state index contributed by atoms with van der Waals surface area (Å²) in [6, 6.07) is 14.2. The predicted molar refractivity (Wildman–Crippen MR) is 95.8 cm³/mol. The highest BCUT2D eigenvalue weighted by molar-refractivity contribution is 6.08. The Balaban J connectivity index is 1.66. The zero-order valence-electron chi connectivity index (χ0n) is 13.8. The Kier molecular flexibility index (Phi) is 4.12. The summed E-state index contributed by atoms with van der Waals surface area (Å²) in [5.41, 5.74) is 1.36. The molecule has 3 aromatic carbocycles. The molecule has 0 saturated carbocycles. The number of halogens is 3. The van der Waals surface area contributed by atoms with Crippen LogP contribution in [-0.2, 0) is 0 Å². The number of hydrogen-bond acceptors (Lipinski definition) is 2. The second-order valence-corrected chi connectivity index (χ2v) is 5.89. The Morgan fingerprint density at radius 1 is 0.926 bits per heavy atom. The number of aromatic nitrogens is 2. The smallest absolute Gasteiger partial charge is 0.259 e. The second-order valence-electron chi connectivity index (χ2n) is 5.89. The van der Waals surface area contributed by atoms with Crippen molar-refractivity contribution in [2.75, 3.05) is 5.32 Å². The second kappa shape index (κ2) is 6.60. The molecule has 4 aromatic rings. The summed E-state index contributed by atoms with van der Waals surface area (Å²) in [5.74, 6) is -2.64. The molecule has 0 saturated heterocycles. The van der Waals surface area contributed by atoms with Crippen molar-refractivity contribution in [2.24, 2.45) is 0 Å². The average molecular weight is 367 g/mol. The van der Waals surface area contributed by atoms with Crippen LogP contribution in [0.15, 0.2) is 60.7 Å². The highest BCUT2D eigenvalue weighted by Gasteiger charge is 2.16. The molecule has 1 amide bonds. The van der Waals surface area contributed by atoms with E-state index in [2.05, 4.69) is 15.5 Å². The van der Waals surface area contributed by atoms with Gasteiger partial charge in [-0.2, -0.15) is 5.10 Å². The number of hydrogen-bond donors (Lipinski definition) is 2. The lowest BCUT2D eigenvalue weighted by Crippen LogP contribution is -2.14. The predicted octanol–water partition coefficient (Wildman–Crippen LogP) is 4.90. The zero-order valence-corrected chi connectivity index (χ0v) is 13.8. The van der Waals surface area contributed by atoms with Crippen LogP contribution in [0.4, 0.5) is 19.0 Å². The minimum absolute atomic E-state index is 0.193. The quantitative estimate of drug-likeness (QED) is 0.541. The highest BCUT2D eigenvalue weighted by Crippen LogP contribution is 2.28. The molecule has 27 heavy (non-hydrogen) atoms. The molecule has 0 fully saturated rings. The average Bonchev–Trinajstić information content (AvgIpc) is 3.04. The molecule has 7 heteroatoms. The summed E-state index contributed by atoms with van der Waals surface area (Å²) in [5, 5.41) is 9.84. The first-order chi connectivity index (χ1) is 13.0. The van der Waals surface area contributed by atoms with Crippen LogP contribution in [0.1, 0.15) is 10.4 Å². The molecular weight excluding hydrogens is 355 g/mol. The van der Waals surface area contributed by atoms with Crippen molar-refractivity contribution in [3.05, 3.63) is 83.7 Å². The molecule has 0 atom stereocenters. The molecule has 0 bridgehead atoms. The number of fused-ring (bicyclic) bond motifs is 1. The third-order valence-corrected chi connectivity index (χ3v) is 4.16. The Labute approximate surface area is 151 Å². The maximum absolute atomic E-state index is 14.0. The molecule has 1 aromatic heterocycles. The van der Waals surface area contributed by atoms with E-state index in [0.717, 1.165) is 12.1 Å². The van der Waals surface area contributed by atoms with Gasteiger partial charge in [0.15, 0.2) is 5.82 Å². The van der Waals surface area contributed by atoms with Crippen LogP contribution in [-0.4, -0.2) is 16.1 Å². The van der Waals surface area contributed by atoms with E-state index >= 15 is 0 Å². The summed E-state index contributed by atoms with van der Waals surface area (Å²) in [4.78, 5) is 12.2. The standard InChI is InChI=1S/C20H12F3N3O/c21-12-6-8-14(17(23)10-12)20(27)24-19-15-7-5-11(9-18(15)25-26-19)13-3-1-2-4-16(13)22/h1-10H,(H2,24,25,26,27). The SMILES string of the molecule is O=C(Nc1n[nH]c2cc(-c3ccccc3F)ccc12)c1ccc(F)cc1F. The number of benzene rings is 3. The van der Waals surface area contributed by atoms with E-state index in [-0.39, 0.29) is 17.2 Å². The number of amides is 1. The monoisotopic (exact) mass is 367 g/mol. The normalized spacial score (nSPS) is 10.9. The van der Waals surface area contributed by atoms with Crippen LogP contribution in [0.5, 0.6) is 0 Å². The van der Waals surface area contributed by atoms with Crippen LogP contribution in [0, 0.1) is 17.5 Å². The number of carbonyl (C=O) groups is 1. The van der Waals surface area contributed by atoms with E-state index in [0.29, 0.717) is 28.1 Å². The molecule has 4 nitrogen and oxygen atoms in total. The van der Waals surface area contributed by atoms with Crippen LogP contribution in [0.3, 0.4) is 0 Å². The topological polar surface area (TPSA) is 57.8 Å². The fourth-order valence-corrected chi connectivity index (χ4v) is 2.83. The first kappa shape index (κ1) is 16.8. The van der Waals surface area contributed by atoms with Crippen LogP contribution in [0.2, 0.25) is 0 Å². The van der Waals surface area contributed by atoms with E-state index in [4.69, 9.17) is 0 Å². The number of aromatic amines is 1. The van der Waals surface area contributed by atoms with E-state index in [1.54, 1.807) is 36.4 Å². The maximum atomic E-state index is 14.0. The van der Waals surface area contributed by atoms with Crippen molar-refractivity contribution in [3.8, 4) is 11.1 Å². The largest absolute Gasteiger partial charge is 0.304 e. The lowest BCUT2D eigenvalue weighted by molar-refractivity contribution is 0.102. The van der Waals surface area contributed by atoms with Gasteiger partial charge in [-0.1, -0.05) is 24.3 Å². The Bertz CT molecular complexity index is 1170. The molecular formula is C20H12F3N3O. The molecule has 0 aliphatic heterocycles. The van der Waals surface area contributed by atoms with E-state index in [1.807, 2.05) is 0 Å². The Hall–Kier alpha value is -3.61. The Morgan fingerprint density at radius 3 is 2.52 bits per heavy atom. The number of H-pyrrole nitrogens is 1. The van der Waals surface area contributed by atoms with E-state index in [1.165, 1.54) is 6.07 Å². The van der Waals surface area contributed by atoms with Gasteiger partial charge in [0, 0.05) is 17.0 Å². The van der Waals surface area contributed by atoms with Gasteiger partial charge in [-0.05, 0) is 35.9 Å². The lowest BCUT2D eigenvalue weighted by Gasteiger charge is -2.05. The van der Waals surface area contributed by atoms with Crippen molar-refractivity contribution in [1.82, 2.24) is 10.2 Å². The van der Waals surface area contributed by atoms with Crippen molar-refractivity contribution >= 4 is 22.6 Å². The van der Waals surface area contributed by atoms with Gasteiger partial charge < -0.3 is 5.32 Å². The fourth-order valence-electron chi connectivity index (χ4n) is 2.83. The third kappa shape index (κ3) is 3.15. The van der Waals surface area contributed by atoms with E-state index < -0.39 is 17.5 Å². The molecule has 0 spiro atoms. The van der Waals surface area contributed by atoms with Gasteiger partial charge in [-0.3, -0.25) is 9.89 Å². The molecule has 0 aliphatic rings. The van der Waals surface area contributed by atoms with Gasteiger partial charge in [-0.25, -0.2) is 13.2 Å². The van der Waals surface area contributed by atoms with Gasteiger partial charge in [-0.15, -0.1) is 0 Å². The van der Waals surface area contributed by atoms with E-state index in [9.17, 15) is 18.0 Å². The zero-order chi connectivity index (χ0) is 19.0. The van der Waals surface area contributed by atoms with Crippen LogP contribution >= 0.6 is 0 Å². The molecule has 2 N–H and O–H groups in total. The molecule has 0 aliphatic carbocycles. The summed E-state index contributed by atoms with van der Waals surface area (Å²) >= 11 is 0. The van der Waals surface area contributed by atoms with Crippen molar-refractivity contribution < 1.29 is 18.0 Å². The van der Waals surface area contributed by atoms with Gasteiger partial charge in [0.2, 0.25) is 0 Å². The third-order valence-electron chi connectivity index (χ3n) is 4.16. The van der Waals surface area contributed by atoms with Gasteiger partial charge >= 0.3 is 0 Å².